The second kappa shape index (κ2) is 12.2. The molecule has 14 heteroatoms. The maximum absolute atomic E-state index is 14.8. The lowest BCUT2D eigenvalue weighted by Crippen LogP contribution is -2.51. The Labute approximate surface area is 266 Å². The summed E-state index contributed by atoms with van der Waals surface area (Å²) in [6.07, 6.45) is -0.513. The molecule has 3 heterocycles. The number of alkyl halides is 3. The van der Waals surface area contributed by atoms with Gasteiger partial charge in [0.05, 0.1) is 43.9 Å². The maximum Gasteiger partial charge on any atom is 0.424 e. The van der Waals surface area contributed by atoms with Gasteiger partial charge in [-0.1, -0.05) is 12.1 Å². The van der Waals surface area contributed by atoms with Gasteiger partial charge >= 0.3 is 6.18 Å². The third-order valence-corrected chi connectivity index (χ3v) is 7.97. The highest BCUT2D eigenvalue weighted by Crippen LogP contribution is 2.42. The zero-order valence-corrected chi connectivity index (χ0v) is 25.5. The van der Waals surface area contributed by atoms with Gasteiger partial charge < -0.3 is 25.6 Å². The number of carbonyl (C=O) groups is 2. The molecule has 1 fully saturated rings. The SMILES string of the molecule is CCOc1c(CC(N)=O)cc([C@@](O)(CNC(=O)c2cc(OC)c3nn(C4CC4)cc3c2)C(F)(F)F)nc1-c1ccc2ncccc2c1. The van der Waals surface area contributed by atoms with Crippen LogP contribution in [0.3, 0.4) is 0 Å². The van der Waals surface area contributed by atoms with Gasteiger partial charge in [-0.2, -0.15) is 18.3 Å². The van der Waals surface area contributed by atoms with E-state index in [1.54, 1.807) is 54.3 Å². The fourth-order valence-electron chi connectivity index (χ4n) is 5.42. The first-order valence-corrected chi connectivity index (χ1v) is 14.9. The molecular weight excluding hydrogens is 617 g/mol. The minimum Gasteiger partial charge on any atom is -0.494 e. The number of nitrogens with two attached hydrogens (primary N) is 1. The number of primary amides is 1. The van der Waals surface area contributed by atoms with Crippen LogP contribution in [-0.2, 0) is 16.8 Å². The lowest BCUT2D eigenvalue weighted by atomic mass is 9.93. The zero-order chi connectivity index (χ0) is 33.5. The van der Waals surface area contributed by atoms with Crippen LogP contribution >= 0.6 is 0 Å². The largest absolute Gasteiger partial charge is 0.494 e. The van der Waals surface area contributed by atoms with Gasteiger partial charge in [-0.15, -0.1) is 0 Å². The van der Waals surface area contributed by atoms with Crippen LogP contribution in [0.1, 0.15) is 47.4 Å². The molecule has 4 N–H and O–H groups in total. The molecule has 0 bridgehead atoms. The van der Waals surface area contributed by atoms with Crippen molar-refractivity contribution in [1.29, 1.82) is 0 Å². The fourth-order valence-corrected chi connectivity index (χ4v) is 5.42. The number of ether oxygens (including phenoxy) is 2. The Morgan fingerprint density at radius 2 is 1.91 bits per heavy atom. The number of carbonyl (C=O) groups excluding carboxylic acids is 2. The molecule has 0 unspecified atom stereocenters. The van der Waals surface area contributed by atoms with Crippen molar-refractivity contribution in [2.45, 2.75) is 44.0 Å². The molecule has 0 saturated heterocycles. The summed E-state index contributed by atoms with van der Waals surface area (Å²) in [4.78, 5) is 33.9. The first kappa shape index (κ1) is 31.7. The Morgan fingerprint density at radius 1 is 1.13 bits per heavy atom. The number of benzene rings is 2. The van der Waals surface area contributed by atoms with Crippen molar-refractivity contribution >= 4 is 33.6 Å². The van der Waals surface area contributed by atoms with Crippen molar-refractivity contribution < 1.29 is 37.3 Å². The Bertz CT molecular complexity index is 2010. The zero-order valence-electron chi connectivity index (χ0n) is 25.5. The smallest absolute Gasteiger partial charge is 0.424 e. The van der Waals surface area contributed by atoms with Crippen LogP contribution in [0.25, 0.3) is 33.1 Å². The van der Waals surface area contributed by atoms with Gasteiger partial charge in [0.2, 0.25) is 11.5 Å². The second-order valence-electron chi connectivity index (χ2n) is 11.3. The number of pyridine rings is 2. The van der Waals surface area contributed by atoms with Crippen molar-refractivity contribution in [1.82, 2.24) is 25.1 Å². The molecular formula is C33H31F3N6O5. The van der Waals surface area contributed by atoms with Crippen LogP contribution in [-0.4, -0.2) is 63.1 Å². The van der Waals surface area contributed by atoms with Crippen LogP contribution in [0, 0.1) is 0 Å². The summed E-state index contributed by atoms with van der Waals surface area (Å²) in [6, 6.07) is 12.5. The van der Waals surface area contributed by atoms with E-state index in [1.807, 2.05) is 0 Å². The topological polar surface area (TPSA) is 154 Å². The molecule has 1 aliphatic carbocycles. The minimum atomic E-state index is -5.32. The number of amides is 2. The van der Waals surface area contributed by atoms with Gasteiger partial charge in [0, 0.05) is 39.9 Å². The number of nitrogens with zero attached hydrogens (tertiary/aromatic N) is 4. The number of fused-ring (bicyclic) bond motifs is 2. The van der Waals surface area contributed by atoms with Crippen molar-refractivity contribution in [2.24, 2.45) is 5.73 Å². The number of hydrogen-bond acceptors (Lipinski definition) is 8. The molecule has 2 amide bonds. The lowest BCUT2D eigenvalue weighted by molar-refractivity contribution is -0.265. The van der Waals surface area contributed by atoms with E-state index in [4.69, 9.17) is 15.2 Å². The minimum absolute atomic E-state index is 0.00811. The molecule has 1 atom stereocenters. The third kappa shape index (κ3) is 6.15. The monoisotopic (exact) mass is 648 g/mol. The van der Waals surface area contributed by atoms with E-state index >= 15 is 0 Å². The van der Waals surface area contributed by atoms with Crippen LogP contribution in [0.5, 0.6) is 11.5 Å². The molecule has 2 aromatic carbocycles. The highest BCUT2D eigenvalue weighted by molar-refractivity contribution is 6.00. The first-order valence-electron chi connectivity index (χ1n) is 14.9. The molecule has 0 spiro atoms. The molecule has 5 aromatic rings. The van der Waals surface area contributed by atoms with E-state index < -0.39 is 42.3 Å². The Hall–Kier alpha value is -5.24. The summed E-state index contributed by atoms with van der Waals surface area (Å²) in [6.45, 7) is 0.470. The molecule has 1 aliphatic rings. The normalized spacial score (nSPS) is 14.6. The van der Waals surface area contributed by atoms with E-state index in [2.05, 4.69) is 20.4 Å². The van der Waals surface area contributed by atoms with Crippen LogP contribution in [0.4, 0.5) is 13.2 Å². The predicted octanol–water partition coefficient (Wildman–Crippen LogP) is 4.60. The second-order valence-corrected chi connectivity index (χ2v) is 11.3. The molecule has 0 aliphatic heterocycles. The van der Waals surface area contributed by atoms with E-state index in [0.717, 1.165) is 18.9 Å². The van der Waals surface area contributed by atoms with Gasteiger partial charge in [-0.25, -0.2) is 4.98 Å². The first-order chi connectivity index (χ1) is 22.4. The molecule has 244 valence electrons. The van der Waals surface area contributed by atoms with Crippen LogP contribution in [0.15, 0.2) is 60.9 Å². The highest BCUT2D eigenvalue weighted by Gasteiger charge is 2.56. The van der Waals surface area contributed by atoms with Crippen molar-refractivity contribution in [2.75, 3.05) is 20.3 Å². The van der Waals surface area contributed by atoms with E-state index in [9.17, 15) is 27.9 Å². The molecule has 1 saturated carbocycles. The van der Waals surface area contributed by atoms with E-state index in [0.29, 0.717) is 27.4 Å². The number of aliphatic hydroxyl groups is 1. The number of aromatic nitrogens is 4. The summed E-state index contributed by atoms with van der Waals surface area (Å²) < 4.78 is 57.5. The van der Waals surface area contributed by atoms with Crippen molar-refractivity contribution in [3.63, 3.8) is 0 Å². The average Bonchev–Trinajstić information content (AvgIpc) is 3.81. The van der Waals surface area contributed by atoms with Gasteiger partial charge in [0.15, 0.2) is 0 Å². The third-order valence-electron chi connectivity index (χ3n) is 7.97. The van der Waals surface area contributed by atoms with E-state index in [-0.39, 0.29) is 41.0 Å². The van der Waals surface area contributed by atoms with Crippen molar-refractivity contribution in [3.8, 4) is 22.8 Å². The predicted molar refractivity (Wildman–Crippen MR) is 166 cm³/mol. The molecule has 0 radical (unpaired) electrons. The van der Waals surface area contributed by atoms with E-state index in [1.165, 1.54) is 19.2 Å². The number of methoxy groups -OCH3 is 1. The number of halogens is 3. The molecule has 11 nitrogen and oxygen atoms in total. The summed E-state index contributed by atoms with van der Waals surface area (Å²) in [5, 5.41) is 19.4. The lowest BCUT2D eigenvalue weighted by Gasteiger charge is -2.31. The van der Waals surface area contributed by atoms with Crippen molar-refractivity contribution in [3.05, 3.63) is 77.7 Å². The number of hydrogen-bond donors (Lipinski definition) is 3. The summed E-state index contributed by atoms with van der Waals surface area (Å²) >= 11 is 0. The van der Waals surface area contributed by atoms with Gasteiger partial charge in [-0.3, -0.25) is 19.3 Å². The maximum atomic E-state index is 14.8. The van der Waals surface area contributed by atoms with Crippen LogP contribution in [0.2, 0.25) is 0 Å². The van der Waals surface area contributed by atoms with Crippen LogP contribution < -0.4 is 20.5 Å². The fraction of sp³-hybridized carbons (Fsp3) is 0.303. The standard InChI is InChI=1S/C33H31F3N6O5/c1-3-47-30-20(15-27(37)43)14-26(40-29(30)19-6-9-24-18(11-19)5-4-10-38-24)32(45,33(34,35)36)17-39-31(44)21-12-22-16-42(23-7-8-23)41-28(22)25(13-21)46-2/h4-6,9-14,16,23,45H,3,7-8,15,17H2,1-2H3,(H2,37,43)(H,39,44)/t32-/m0/s1. The van der Waals surface area contributed by atoms with Gasteiger partial charge in [-0.05, 0) is 56.2 Å². The number of nitrogens with one attached hydrogen (secondary N) is 1. The Morgan fingerprint density at radius 3 is 2.60 bits per heavy atom. The van der Waals surface area contributed by atoms with Gasteiger partial charge in [0.1, 0.15) is 22.7 Å². The summed E-state index contributed by atoms with van der Waals surface area (Å²) in [7, 11) is 1.40. The highest BCUT2D eigenvalue weighted by atomic mass is 19.4. The Balaban J connectivity index is 1.41. The quantitative estimate of drug-likeness (QED) is 0.188. The average molecular weight is 649 g/mol. The number of rotatable bonds is 11. The summed E-state index contributed by atoms with van der Waals surface area (Å²) in [5.74, 6) is -1.41. The molecule has 47 heavy (non-hydrogen) atoms. The molecule has 6 rings (SSSR count). The Kier molecular flexibility index (Phi) is 8.22. The molecule has 3 aromatic heterocycles. The summed E-state index contributed by atoms with van der Waals surface area (Å²) in [5.41, 5.74) is 2.36. The van der Waals surface area contributed by atoms with Gasteiger partial charge in [0.25, 0.3) is 5.91 Å².